The smallest absolute Gasteiger partial charge is 0.319 e. The fourth-order valence-corrected chi connectivity index (χ4v) is 4.25. The Morgan fingerprint density at radius 1 is 1.16 bits per heavy atom. The Morgan fingerprint density at radius 3 is 2.62 bits per heavy atom. The van der Waals surface area contributed by atoms with Crippen LogP contribution in [-0.2, 0) is 5.92 Å². The Bertz CT molecular complexity index is 1140. The fraction of sp³-hybridized carbons (Fsp3) is 0.348. The van der Waals surface area contributed by atoms with Crippen LogP contribution in [0.25, 0.3) is 10.8 Å². The largest absolute Gasteiger partial charge is 0.356 e. The van der Waals surface area contributed by atoms with Crippen LogP contribution >= 0.6 is 11.6 Å². The number of urea groups is 1. The minimum atomic E-state index is -3.11. The molecular weight excluding hydrogens is 436 g/mol. The fourth-order valence-electron chi connectivity index (χ4n) is 3.97. The number of alkyl halides is 2. The summed E-state index contributed by atoms with van der Waals surface area (Å²) in [5.74, 6) is -2.64. The van der Waals surface area contributed by atoms with Gasteiger partial charge in [0.2, 0.25) is 0 Å². The molecule has 0 aliphatic carbocycles. The lowest BCUT2D eigenvalue weighted by atomic mass is 10.1. The van der Waals surface area contributed by atoms with E-state index in [9.17, 15) is 13.6 Å². The number of rotatable bonds is 4. The molecule has 0 spiro atoms. The van der Waals surface area contributed by atoms with Gasteiger partial charge >= 0.3 is 6.03 Å². The van der Waals surface area contributed by atoms with Gasteiger partial charge in [-0.2, -0.15) is 8.78 Å². The van der Waals surface area contributed by atoms with E-state index in [1.54, 1.807) is 12.3 Å². The van der Waals surface area contributed by atoms with Crippen LogP contribution in [0, 0.1) is 6.92 Å². The number of fused-ring (bicyclic) bond motifs is 1. The molecule has 0 unspecified atom stereocenters. The second-order valence-corrected chi connectivity index (χ2v) is 8.45. The Hall–Kier alpha value is -3.00. The summed E-state index contributed by atoms with van der Waals surface area (Å²) in [6, 6.07) is 10.4. The van der Waals surface area contributed by atoms with Crippen molar-refractivity contribution in [2.45, 2.75) is 38.7 Å². The van der Waals surface area contributed by atoms with Crippen LogP contribution in [-0.4, -0.2) is 35.1 Å². The molecule has 6 nitrogen and oxygen atoms in total. The Kier molecular flexibility index (Phi) is 6.15. The third-order valence-corrected chi connectivity index (χ3v) is 5.96. The predicted molar refractivity (Wildman–Crippen MR) is 123 cm³/mol. The molecule has 9 heteroatoms. The number of carbonyl (C=O) groups excluding carboxylic acids is 1. The zero-order valence-electron chi connectivity index (χ0n) is 17.8. The zero-order chi connectivity index (χ0) is 22.9. The van der Waals surface area contributed by atoms with Gasteiger partial charge in [-0.25, -0.2) is 9.78 Å². The minimum Gasteiger partial charge on any atom is -0.356 e. The summed E-state index contributed by atoms with van der Waals surface area (Å²) in [7, 11) is 0. The molecule has 0 atom stereocenters. The van der Waals surface area contributed by atoms with Crippen molar-refractivity contribution in [1.82, 2.24) is 15.3 Å². The van der Waals surface area contributed by atoms with Gasteiger partial charge in [0, 0.05) is 48.7 Å². The van der Waals surface area contributed by atoms with E-state index in [1.165, 1.54) is 6.07 Å². The molecule has 1 saturated heterocycles. The Morgan fingerprint density at radius 2 is 1.91 bits per heavy atom. The first-order valence-corrected chi connectivity index (χ1v) is 10.8. The van der Waals surface area contributed by atoms with E-state index in [-0.39, 0.29) is 17.1 Å². The molecule has 1 aliphatic rings. The number of halogens is 3. The first-order chi connectivity index (χ1) is 15.2. The van der Waals surface area contributed by atoms with Gasteiger partial charge in [-0.1, -0.05) is 23.7 Å². The third kappa shape index (κ3) is 4.75. The molecule has 0 radical (unpaired) electrons. The van der Waals surface area contributed by atoms with Crippen molar-refractivity contribution in [2.24, 2.45) is 0 Å². The molecule has 2 N–H and O–H groups in total. The Labute approximate surface area is 190 Å². The number of nitrogens with zero attached hydrogens (tertiary/aromatic N) is 3. The minimum absolute atomic E-state index is 0.0241. The van der Waals surface area contributed by atoms with Crippen molar-refractivity contribution in [2.75, 3.05) is 23.3 Å². The second kappa shape index (κ2) is 8.86. The molecule has 2 aromatic heterocycles. The van der Waals surface area contributed by atoms with Crippen molar-refractivity contribution in [3.63, 3.8) is 0 Å². The molecule has 3 heterocycles. The van der Waals surface area contributed by atoms with Crippen molar-refractivity contribution in [3.8, 4) is 0 Å². The maximum atomic E-state index is 13.7. The van der Waals surface area contributed by atoms with Crippen molar-refractivity contribution in [3.05, 3.63) is 59.0 Å². The van der Waals surface area contributed by atoms with Gasteiger partial charge in [0.1, 0.15) is 11.5 Å². The number of pyridine rings is 2. The molecule has 0 bridgehead atoms. The highest BCUT2D eigenvalue weighted by Gasteiger charge is 2.31. The van der Waals surface area contributed by atoms with Crippen LogP contribution in [0.2, 0.25) is 5.02 Å². The highest BCUT2D eigenvalue weighted by molar-refractivity contribution is 6.31. The number of hydrogen-bond donors (Lipinski definition) is 2. The number of benzene rings is 1. The first-order valence-electron chi connectivity index (χ1n) is 10.4. The van der Waals surface area contributed by atoms with Crippen molar-refractivity contribution >= 4 is 39.9 Å². The lowest BCUT2D eigenvalue weighted by Gasteiger charge is -2.33. The summed E-state index contributed by atoms with van der Waals surface area (Å²) in [4.78, 5) is 22.9. The van der Waals surface area contributed by atoms with E-state index < -0.39 is 11.6 Å². The van der Waals surface area contributed by atoms with Gasteiger partial charge in [-0.3, -0.25) is 4.98 Å². The standard InChI is InChI=1S/C23H24ClF2N5O/c1-14-16-4-3-5-19(17(16)8-11-27-14)29-22(32)28-15-9-12-31(13-10-15)20-7-6-18(24)21(30-20)23(2,25)26/h3-8,11,15H,9-10,12-13H2,1-2H3,(H2,28,29,32). The summed E-state index contributed by atoms with van der Waals surface area (Å²) in [5, 5.41) is 7.82. The summed E-state index contributed by atoms with van der Waals surface area (Å²) in [6.07, 6.45) is 3.07. The quantitative estimate of drug-likeness (QED) is 0.541. The number of aromatic nitrogens is 2. The number of hydrogen-bond acceptors (Lipinski definition) is 4. The molecule has 1 fully saturated rings. The lowest BCUT2D eigenvalue weighted by Crippen LogP contribution is -2.46. The zero-order valence-corrected chi connectivity index (χ0v) is 18.6. The van der Waals surface area contributed by atoms with E-state index >= 15 is 0 Å². The summed E-state index contributed by atoms with van der Waals surface area (Å²) < 4.78 is 27.5. The number of aryl methyl sites for hydroxylation is 1. The molecule has 3 aromatic rings. The van der Waals surface area contributed by atoms with E-state index in [0.717, 1.165) is 29.1 Å². The third-order valence-electron chi connectivity index (χ3n) is 5.65. The molecule has 4 rings (SSSR count). The van der Waals surface area contributed by atoms with Gasteiger partial charge in [0.15, 0.2) is 0 Å². The van der Waals surface area contributed by atoms with Crippen LogP contribution < -0.4 is 15.5 Å². The molecule has 1 aliphatic heterocycles. The van der Waals surface area contributed by atoms with E-state index in [1.807, 2.05) is 36.1 Å². The van der Waals surface area contributed by atoms with Gasteiger partial charge in [-0.05, 0) is 44.0 Å². The van der Waals surface area contributed by atoms with Gasteiger partial charge < -0.3 is 15.5 Å². The van der Waals surface area contributed by atoms with Crippen LogP contribution in [0.5, 0.6) is 0 Å². The molecule has 0 saturated carbocycles. The van der Waals surface area contributed by atoms with Gasteiger partial charge in [0.05, 0.1) is 10.7 Å². The topological polar surface area (TPSA) is 70.2 Å². The van der Waals surface area contributed by atoms with Crippen LogP contribution in [0.15, 0.2) is 42.6 Å². The highest BCUT2D eigenvalue weighted by Crippen LogP contribution is 2.33. The maximum absolute atomic E-state index is 13.7. The van der Waals surface area contributed by atoms with E-state index in [4.69, 9.17) is 11.6 Å². The molecule has 2 amide bonds. The number of nitrogens with one attached hydrogen (secondary N) is 2. The number of piperidine rings is 1. The number of anilines is 2. The molecular formula is C23H24ClF2N5O. The number of carbonyl (C=O) groups is 1. The van der Waals surface area contributed by atoms with Crippen molar-refractivity contribution < 1.29 is 13.6 Å². The van der Waals surface area contributed by atoms with Crippen molar-refractivity contribution in [1.29, 1.82) is 0 Å². The predicted octanol–water partition coefficient (Wildman–Crippen LogP) is 5.49. The van der Waals surface area contributed by atoms with Crippen LogP contribution in [0.4, 0.5) is 25.1 Å². The molecule has 168 valence electrons. The normalized spacial score (nSPS) is 15.1. The SMILES string of the molecule is Cc1nccc2c(NC(=O)NC3CCN(c4ccc(Cl)c(C(C)(F)F)n4)CC3)cccc12. The molecule has 32 heavy (non-hydrogen) atoms. The first kappa shape index (κ1) is 22.2. The van der Waals surface area contributed by atoms with Gasteiger partial charge in [0.25, 0.3) is 5.92 Å². The average molecular weight is 460 g/mol. The average Bonchev–Trinajstić information content (AvgIpc) is 2.75. The second-order valence-electron chi connectivity index (χ2n) is 8.05. The van der Waals surface area contributed by atoms with E-state index in [2.05, 4.69) is 20.6 Å². The molecule has 1 aromatic carbocycles. The maximum Gasteiger partial charge on any atom is 0.319 e. The van der Waals surface area contributed by atoms with E-state index in [0.29, 0.717) is 31.7 Å². The van der Waals surface area contributed by atoms with Crippen LogP contribution in [0.3, 0.4) is 0 Å². The highest BCUT2D eigenvalue weighted by atomic mass is 35.5. The summed E-state index contributed by atoms with van der Waals surface area (Å²) >= 11 is 5.89. The van der Waals surface area contributed by atoms with Gasteiger partial charge in [-0.15, -0.1) is 0 Å². The Balaban J connectivity index is 1.37. The summed E-state index contributed by atoms with van der Waals surface area (Å²) in [5.41, 5.74) is 1.21. The lowest BCUT2D eigenvalue weighted by molar-refractivity contribution is 0.0129. The summed E-state index contributed by atoms with van der Waals surface area (Å²) in [6.45, 7) is 3.90. The monoisotopic (exact) mass is 459 g/mol. The number of amides is 2. The van der Waals surface area contributed by atoms with Crippen LogP contribution in [0.1, 0.15) is 31.2 Å².